The average molecular weight is 425 g/mol. The first-order valence-electron chi connectivity index (χ1n) is 8.62. The van der Waals surface area contributed by atoms with E-state index in [4.69, 9.17) is 23.2 Å². The summed E-state index contributed by atoms with van der Waals surface area (Å²) in [6.45, 7) is 3.94. The molecule has 7 heteroatoms. The van der Waals surface area contributed by atoms with Gasteiger partial charge in [0.2, 0.25) is 5.91 Å². The molecule has 0 aliphatic heterocycles. The summed E-state index contributed by atoms with van der Waals surface area (Å²) < 4.78 is 0. The first-order chi connectivity index (χ1) is 12.9. The van der Waals surface area contributed by atoms with Crippen LogP contribution in [0.2, 0.25) is 10.0 Å². The molecule has 0 aromatic heterocycles. The van der Waals surface area contributed by atoms with E-state index in [1.807, 2.05) is 13.8 Å². The predicted molar refractivity (Wildman–Crippen MR) is 115 cm³/mol. The number of rotatable bonds is 8. The van der Waals surface area contributed by atoms with Crippen LogP contribution in [0.1, 0.15) is 36.2 Å². The topological polar surface area (TPSA) is 58.2 Å². The van der Waals surface area contributed by atoms with Gasteiger partial charge in [0.05, 0.1) is 17.0 Å². The van der Waals surface area contributed by atoms with Crippen LogP contribution >= 0.6 is 35.0 Å². The van der Waals surface area contributed by atoms with E-state index in [2.05, 4.69) is 10.6 Å². The van der Waals surface area contributed by atoms with E-state index in [9.17, 15) is 9.59 Å². The van der Waals surface area contributed by atoms with Crippen LogP contribution in [0.5, 0.6) is 0 Å². The summed E-state index contributed by atoms with van der Waals surface area (Å²) in [4.78, 5) is 24.7. The number of thioether (sulfide) groups is 1. The maximum Gasteiger partial charge on any atom is 0.253 e. The van der Waals surface area contributed by atoms with Crippen molar-refractivity contribution in [2.75, 3.05) is 11.1 Å². The number of carbonyl (C=O) groups excluding carboxylic acids is 2. The van der Waals surface area contributed by atoms with Gasteiger partial charge < -0.3 is 10.6 Å². The van der Waals surface area contributed by atoms with E-state index in [1.165, 1.54) is 11.8 Å². The molecule has 0 saturated carbocycles. The maximum absolute atomic E-state index is 12.4. The Kier molecular flexibility index (Phi) is 8.48. The second kappa shape index (κ2) is 10.6. The highest BCUT2D eigenvalue weighted by Crippen LogP contribution is 2.28. The molecule has 144 valence electrons. The van der Waals surface area contributed by atoms with E-state index in [-0.39, 0.29) is 23.6 Å². The Morgan fingerprint density at radius 2 is 1.74 bits per heavy atom. The van der Waals surface area contributed by atoms with Gasteiger partial charge in [0, 0.05) is 21.8 Å². The van der Waals surface area contributed by atoms with Gasteiger partial charge >= 0.3 is 0 Å². The molecule has 0 aliphatic rings. The first kappa shape index (κ1) is 21.6. The molecule has 1 unspecified atom stereocenters. The van der Waals surface area contributed by atoms with Gasteiger partial charge in [-0.05, 0) is 43.2 Å². The predicted octanol–water partition coefficient (Wildman–Crippen LogP) is 5.39. The fourth-order valence-corrected chi connectivity index (χ4v) is 3.86. The van der Waals surface area contributed by atoms with Crippen molar-refractivity contribution in [2.45, 2.75) is 32.1 Å². The molecule has 1 atom stereocenters. The summed E-state index contributed by atoms with van der Waals surface area (Å²) in [5.41, 5.74) is 1.76. The van der Waals surface area contributed by atoms with Gasteiger partial charge in [-0.3, -0.25) is 9.59 Å². The average Bonchev–Trinajstić information content (AvgIpc) is 2.64. The Labute approximate surface area is 174 Å². The standard InChI is InChI=1S/C20H22Cl2N2O2S/c1-3-13(2)23-20(26)14-7-4-5-10-18(14)24-19(25)12-27-11-15-16(21)8-6-9-17(15)22/h4-10,13H,3,11-12H2,1-2H3,(H,23,26)(H,24,25). The SMILES string of the molecule is CCC(C)NC(=O)c1ccccc1NC(=O)CSCc1c(Cl)cccc1Cl. The number of benzene rings is 2. The van der Waals surface area contributed by atoms with E-state index >= 15 is 0 Å². The number of nitrogens with one attached hydrogen (secondary N) is 2. The minimum atomic E-state index is -0.198. The quantitative estimate of drug-likeness (QED) is 0.596. The van der Waals surface area contributed by atoms with Gasteiger partial charge in [0.25, 0.3) is 5.91 Å². The van der Waals surface area contributed by atoms with Crippen LogP contribution in [-0.2, 0) is 10.5 Å². The van der Waals surface area contributed by atoms with E-state index < -0.39 is 0 Å². The smallest absolute Gasteiger partial charge is 0.253 e. The Morgan fingerprint density at radius 3 is 2.41 bits per heavy atom. The number of hydrogen-bond donors (Lipinski definition) is 2. The largest absolute Gasteiger partial charge is 0.350 e. The molecule has 0 spiro atoms. The highest BCUT2D eigenvalue weighted by atomic mass is 35.5. The van der Waals surface area contributed by atoms with Crippen molar-refractivity contribution in [1.82, 2.24) is 5.32 Å². The van der Waals surface area contributed by atoms with Crippen molar-refractivity contribution in [1.29, 1.82) is 0 Å². The minimum Gasteiger partial charge on any atom is -0.350 e. The summed E-state index contributed by atoms with van der Waals surface area (Å²) in [5.74, 6) is 0.369. The summed E-state index contributed by atoms with van der Waals surface area (Å²) >= 11 is 13.7. The summed E-state index contributed by atoms with van der Waals surface area (Å²) in [7, 11) is 0. The zero-order valence-electron chi connectivity index (χ0n) is 15.2. The van der Waals surface area contributed by atoms with Crippen molar-refractivity contribution in [3.05, 3.63) is 63.6 Å². The number of para-hydroxylation sites is 1. The van der Waals surface area contributed by atoms with Crippen molar-refractivity contribution in [3.63, 3.8) is 0 Å². The lowest BCUT2D eigenvalue weighted by Crippen LogP contribution is -2.32. The Morgan fingerprint density at radius 1 is 1.07 bits per heavy atom. The number of amides is 2. The molecule has 0 aliphatic carbocycles. The fraction of sp³-hybridized carbons (Fsp3) is 0.300. The molecule has 2 amide bonds. The molecule has 0 saturated heterocycles. The lowest BCUT2D eigenvalue weighted by atomic mass is 10.1. The second-order valence-electron chi connectivity index (χ2n) is 6.07. The van der Waals surface area contributed by atoms with Crippen molar-refractivity contribution < 1.29 is 9.59 Å². The number of hydrogen-bond acceptors (Lipinski definition) is 3. The zero-order chi connectivity index (χ0) is 19.8. The van der Waals surface area contributed by atoms with Gasteiger partial charge in [0.1, 0.15) is 0 Å². The van der Waals surface area contributed by atoms with Crippen molar-refractivity contribution in [3.8, 4) is 0 Å². The van der Waals surface area contributed by atoms with Gasteiger partial charge in [-0.25, -0.2) is 0 Å². The van der Waals surface area contributed by atoms with E-state index in [1.54, 1.807) is 42.5 Å². The molecule has 2 N–H and O–H groups in total. The monoisotopic (exact) mass is 424 g/mol. The van der Waals surface area contributed by atoms with Gasteiger partial charge in [-0.1, -0.05) is 48.3 Å². The molecule has 0 heterocycles. The highest BCUT2D eigenvalue weighted by Gasteiger charge is 2.15. The number of carbonyl (C=O) groups is 2. The summed E-state index contributed by atoms with van der Waals surface area (Å²) in [5, 5.41) is 6.89. The maximum atomic E-state index is 12.4. The zero-order valence-corrected chi connectivity index (χ0v) is 17.5. The van der Waals surface area contributed by atoms with Crippen molar-refractivity contribution >= 4 is 52.5 Å². The summed E-state index contributed by atoms with van der Waals surface area (Å²) in [6.07, 6.45) is 0.835. The third kappa shape index (κ3) is 6.45. The first-order valence-corrected chi connectivity index (χ1v) is 10.5. The number of anilines is 1. The van der Waals surface area contributed by atoms with Crippen molar-refractivity contribution in [2.24, 2.45) is 0 Å². The molecule has 0 radical (unpaired) electrons. The normalized spacial score (nSPS) is 11.7. The number of halogens is 2. The molecule has 2 aromatic rings. The minimum absolute atomic E-state index is 0.0668. The van der Waals surface area contributed by atoms with Gasteiger partial charge in [-0.2, -0.15) is 0 Å². The molecule has 0 bridgehead atoms. The van der Waals surface area contributed by atoms with Crippen LogP contribution in [0.3, 0.4) is 0 Å². The van der Waals surface area contributed by atoms with Crippen LogP contribution in [0.4, 0.5) is 5.69 Å². The molecular formula is C20H22Cl2N2O2S. The molecule has 4 nitrogen and oxygen atoms in total. The van der Waals surface area contributed by atoms with Crippen LogP contribution in [0.15, 0.2) is 42.5 Å². The van der Waals surface area contributed by atoms with Crippen LogP contribution in [-0.4, -0.2) is 23.6 Å². The molecule has 0 fully saturated rings. The Hall–Kier alpha value is -1.69. The Bertz CT molecular complexity index is 794. The lowest BCUT2D eigenvalue weighted by Gasteiger charge is -2.14. The third-order valence-electron chi connectivity index (χ3n) is 3.98. The van der Waals surface area contributed by atoms with Crippen LogP contribution in [0, 0.1) is 0 Å². The molecular weight excluding hydrogens is 403 g/mol. The van der Waals surface area contributed by atoms with E-state index in [0.29, 0.717) is 27.0 Å². The third-order valence-corrected chi connectivity index (χ3v) is 5.64. The molecule has 2 rings (SSSR count). The fourth-order valence-electron chi connectivity index (χ4n) is 2.30. The lowest BCUT2D eigenvalue weighted by molar-refractivity contribution is -0.113. The summed E-state index contributed by atoms with van der Waals surface area (Å²) in [6, 6.07) is 12.4. The van der Waals surface area contributed by atoms with Gasteiger partial charge in [-0.15, -0.1) is 11.8 Å². The molecule has 2 aromatic carbocycles. The van der Waals surface area contributed by atoms with Gasteiger partial charge in [0.15, 0.2) is 0 Å². The van der Waals surface area contributed by atoms with Crippen LogP contribution < -0.4 is 10.6 Å². The molecule has 27 heavy (non-hydrogen) atoms. The van der Waals surface area contributed by atoms with E-state index in [0.717, 1.165) is 12.0 Å². The Balaban J connectivity index is 1.95. The van der Waals surface area contributed by atoms with Crippen LogP contribution in [0.25, 0.3) is 0 Å². The highest BCUT2D eigenvalue weighted by molar-refractivity contribution is 7.99. The second-order valence-corrected chi connectivity index (χ2v) is 7.87.